The van der Waals surface area contributed by atoms with E-state index < -0.39 is 17.3 Å². The molecule has 0 aliphatic carbocycles. The van der Waals surface area contributed by atoms with Gasteiger partial charge in [-0.3, -0.25) is 9.59 Å². The van der Waals surface area contributed by atoms with Gasteiger partial charge in [0.2, 0.25) is 11.9 Å². The monoisotopic (exact) mass is 291 g/mol. The standard InChI is InChI=1S/C13H17N5O3/c1-7-3-9(14-2)17-12(16-7)18-4-8-10(19)15-5-13(8,6-18)11(20)21/h3,8H,4-6H2,1-2H3,(H,15,19)(H,20,21)(H,14,16,17)/t8-,13+/m0/s1. The van der Waals surface area contributed by atoms with E-state index in [9.17, 15) is 14.7 Å². The van der Waals surface area contributed by atoms with Crippen LogP contribution in [0.3, 0.4) is 0 Å². The number of carboxylic acid groups (broad SMARTS) is 1. The van der Waals surface area contributed by atoms with Crippen molar-refractivity contribution in [2.75, 3.05) is 36.9 Å². The lowest BCUT2D eigenvalue weighted by molar-refractivity contribution is -0.149. The number of aryl methyl sites for hydroxylation is 1. The molecule has 2 aliphatic rings. The Morgan fingerprint density at radius 1 is 1.57 bits per heavy atom. The first-order chi connectivity index (χ1) is 9.96. The van der Waals surface area contributed by atoms with Gasteiger partial charge < -0.3 is 20.6 Å². The van der Waals surface area contributed by atoms with E-state index in [-0.39, 0.29) is 19.0 Å². The number of carbonyl (C=O) groups excluding carboxylic acids is 1. The number of hydrogen-bond acceptors (Lipinski definition) is 6. The molecule has 0 radical (unpaired) electrons. The van der Waals surface area contributed by atoms with Gasteiger partial charge in [0.25, 0.3) is 0 Å². The lowest BCUT2D eigenvalue weighted by Gasteiger charge is -2.22. The van der Waals surface area contributed by atoms with Crippen molar-refractivity contribution >= 4 is 23.6 Å². The quantitative estimate of drug-likeness (QED) is 0.686. The van der Waals surface area contributed by atoms with Gasteiger partial charge in [-0.2, -0.15) is 4.98 Å². The van der Waals surface area contributed by atoms with Crippen LogP contribution in [0.1, 0.15) is 5.69 Å². The summed E-state index contributed by atoms with van der Waals surface area (Å²) in [5, 5.41) is 15.1. The van der Waals surface area contributed by atoms with E-state index in [1.165, 1.54) is 0 Å². The molecule has 2 atom stereocenters. The zero-order valence-corrected chi connectivity index (χ0v) is 11.9. The van der Waals surface area contributed by atoms with E-state index in [0.717, 1.165) is 5.69 Å². The molecule has 8 heteroatoms. The Balaban J connectivity index is 1.95. The highest BCUT2D eigenvalue weighted by molar-refractivity contribution is 5.93. The van der Waals surface area contributed by atoms with Crippen LogP contribution in [0.15, 0.2) is 6.07 Å². The molecule has 2 saturated heterocycles. The normalized spacial score (nSPS) is 27.4. The highest BCUT2D eigenvalue weighted by atomic mass is 16.4. The van der Waals surface area contributed by atoms with E-state index in [1.807, 2.05) is 6.92 Å². The Morgan fingerprint density at radius 3 is 2.95 bits per heavy atom. The molecular weight excluding hydrogens is 274 g/mol. The maximum atomic E-state index is 11.9. The van der Waals surface area contributed by atoms with Crippen LogP contribution in [0.25, 0.3) is 0 Å². The molecule has 0 spiro atoms. The van der Waals surface area contributed by atoms with Crippen LogP contribution >= 0.6 is 0 Å². The van der Waals surface area contributed by atoms with Gasteiger partial charge in [-0.05, 0) is 6.92 Å². The fraction of sp³-hybridized carbons (Fsp3) is 0.538. The summed E-state index contributed by atoms with van der Waals surface area (Å²) in [5.41, 5.74) is -0.292. The maximum Gasteiger partial charge on any atom is 0.314 e. The van der Waals surface area contributed by atoms with E-state index >= 15 is 0 Å². The van der Waals surface area contributed by atoms with Gasteiger partial charge >= 0.3 is 5.97 Å². The second kappa shape index (κ2) is 4.57. The largest absolute Gasteiger partial charge is 0.481 e. The number of rotatable bonds is 3. The van der Waals surface area contributed by atoms with Crippen LogP contribution < -0.4 is 15.5 Å². The van der Waals surface area contributed by atoms with Crippen LogP contribution in [0.2, 0.25) is 0 Å². The number of amides is 1. The highest BCUT2D eigenvalue weighted by Crippen LogP contribution is 2.41. The SMILES string of the molecule is CNc1cc(C)nc(N2C[C@H]3C(=O)NC[C@@]3(C(=O)O)C2)n1. The Morgan fingerprint density at radius 2 is 2.33 bits per heavy atom. The van der Waals surface area contributed by atoms with E-state index in [1.54, 1.807) is 18.0 Å². The van der Waals surface area contributed by atoms with Crippen molar-refractivity contribution in [3.05, 3.63) is 11.8 Å². The smallest absolute Gasteiger partial charge is 0.314 e. The van der Waals surface area contributed by atoms with E-state index in [0.29, 0.717) is 18.3 Å². The molecule has 21 heavy (non-hydrogen) atoms. The number of carbonyl (C=O) groups is 2. The lowest BCUT2D eigenvalue weighted by Crippen LogP contribution is -2.40. The van der Waals surface area contributed by atoms with Crippen LogP contribution in [0.4, 0.5) is 11.8 Å². The van der Waals surface area contributed by atoms with E-state index in [2.05, 4.69) is 20.6 Å². The van der Waals surface area contributed by atoms with Crippen LogP contribution in [0, 0.1) is 18.3 Å². The first kappa shape index (κ1) is 13.6. The van der Waals surface area contributed by atoms with Gasteiger partial charge in [-0.25, -0.2) is 4.98 Å². The Labute approximate surface area is 121 Å². The number of anilines is 2. The molecule has 1 aromatic rings. The average molecular weight is 291 g/mol. The predicted octanol–water partition coefficient (Wildman–Crippen LogP) is -0.536. The van der Waals surface area contributed by atoms with Crippen molar-refractivity contribution < 1.29 is 14.7 Å². The first-order valence-corrected chi connectivity index (χ1v) is 6.76. The molecule has 1 amide bonds. The molecular formula is C13H17N5O3. The summed E-state index contributed by atoms with van der Waals surface area (Å²) in [6.45, 7) is 2.57. The Bertz CT molecular complexity index is 620. The van der Waals surface area contributed by atoms with Crippen molar-refractivity contribution in [2.24, 2.45) is 11.3 Å². The van der Waals surface area contributed by atoms with Crippen LogP contribution in [-0.2, 0) is 9.59 Å². The van der Waals surface area contributed by atoms with E-state index in [4.69, 9.17) is 0 Å². The molecule has 3 rings (SSSR count). The van der Waals surface area contributed by atoms with Gasteiger partial charge in [0, 0.05) is 38.4 Å². The number of nitrogens with zero attached hydrogens (tertiary/aromatic N) is 3. The molecule has 0 unspecified atom stereocenters. The second-order valence-corrected chi connectivity index (χ2v) is 5.56. The summed E-state index contributed by atoms with van der Waals surface area (Å²) >= 11 is 0. The lowest BCUT2D eigenvalue weighted by atomic mass is 9.81. The maximum absolute atomic E-state index is 11.9. The molecule has 0 aromatic carbocycles. The van der Waals surface area contributed by atoms with Crippen molar-refractivity contribution in [3.8, 4) is 0 Å². The third-order valence-corrected chi connectivity index (χ3v) is 4.24. The third kappa shape index (κ3) is 1.98. The first-order valence-electron chi connectivity index (χ1n) is 6.76. The molecule has 2 fully saturated rings. The predicted molar refractivity (Wildman–Crippen MR) is 75.1 cm³/mol. The minimum atomic E-state index is -1.08. The summed E-state index contributed by atoms with van der Waals surface area (Å²) in [4.78, 5) is 34.0. The van der Waals surface area contributed by atoms with Crippen molar-refractivity contribution in [1.29, 1.82) is 0 Å². The van der Waals surface area contributed by atoms with Gasteiger partial charge in [-0.1, -0.05) is 0 Å². The fourth-order valence-electron chi connectivity index (χ4n) is 3.06. The Kier molecular flexibility index (Phi) is 2.96. The topological polar surface area (TPSA) is 107 Å². The van der Waals surface area contributed by atoms with Crippen LogP contribution in [0.5, 0.6) is 0 Å². The zero-order chi connectivity index (χ0) is 15.2. The van der Waals surface area contributed by atoms with Gasteiger partial charge in [0.1, 0.15) is 11.2 Å². The number of aromatic nitrogens is 2. The van der Waals surface area contributed by atoms with Gasteiger partial charge in [0.05, 0.1) is 5.92 Å². The summed E-state index contributed by atoms with van der Waals surface area (Å²) in [7, 11) is 1.76. The third-order valence-electron chi connectivity index (χ3n) is 4.24. The van der Waals surface area contributed by atoms with Crippen LogP contribution in [-0.4, -0.2) is 53.6 Å². The number of fused-ring (bicyclic) bond motifs is 1. The average Bonchev–Trinajstić information content (AvgIpc) is 2.97. The van der Waals surface area contributed by atoms with Crippen molar-refractivity contribution in [2.45, 2.75) is 6.92 Å². The summed E-state index contributed by atoms with van der Waals surface area (Å²) in [6.07, 6.45) is 0. The minimum absolute atomic E-state index is 0.160. The van der Waals surface area contributed by atoms with Crippen molar-refractivity contribution in [3.63, 3.8) is 0 Å². The molecule has 0 saturated carbocycles. The van der Waals surface area contributed by atoms with Crippen molar-refractivity contribution in [1.82, 2.24) is 15.3 Å². The molecule has 3 heterocycles. The minimum Gasteiger partial charge on any atom is -0.481 e. The number of hydrogen-bond donors (Lipinski definition) is 3. The zero-order valence-electron chi connectivity index (χ0n) is 11.9. The summed E-state index contributed by atoms with van der Waals surface area (Å²) in [6, 6.07) is 1.81. The molecule has 1 aromatic heterocycles. The molecule has 8 nitrogen and oxygen atoms in total. The number of carboxylic acids is 1. The summed E-state index contributed by atoms with van der Waals surface area (Å²) in [5.74, 6) is -0.584. The van der Waals surface area contributed by atoms with Gasteiger partial charge in [0.15, 0.2) is 0 Å². The highest BCUT2D eigenvalue weighted by Gasteiger charge is 2.60. The molecule has 3 N–H and O–H groups in total. The number of nitrogens with one attached hydrogen (secondary N) is 2. The molecule has 0 bridgehead atoms. The molecule has 112 valence electrons. The second-order valence-electron chi connectivity index (χ2n) is 5.56. The fourth-order valence-corrected chi connectivity index (χ4v) is 3.06. The number of aliphatic carboxylic acids is 1. The summed E-state index contributed by atoms with van der Waals surface area (Å²) < 4.78 is 0. The molecule has 2 aliphatic heterocycles. The van der Waals surface area contributed by atoms with Gasteiger partial charge in [-0.15, -0.1) is 0 Å². The Hall–Kier alpha value is -2.38.